The van der Waals surface area contributed by atoms with Gasteiger partial charge in [0.2, 0.25) is 11.8 Å². The van der Waals surface area contributed by atoms with Crippen LogP contribution < -0.4 is 21.3 Å². The van der Waals surface area contributed by atoms with Crippen LogP contribution in [0.1, 0.15) is 45.7 Å². The molecule has 0 saturated carbocycles. The Balaban J connectivity index is 0.000000348. The molecule has 0 unspecified atom stereocenters. The second kappa shape index (κ2) is 54.5. The molecule has 8 aliphatic heterocycles. The number of carbonyl (C=O) groups excluding carboxylic acids is 2. The molecule has 2 amide bonds. The van der Waals surface area contributed by atoms with Gasteiger partial charge in [-0.3, -0.25) is 29.2 Å². The summed E-state index contributed by atoms with van der Waals surface area (Å²) in [5.74, 6) is -0.540. The average Bonchev–Trinajstić information content (AvgIpc) is 1.76. The number of rotatable bonds is 11. The van der Waals surface area contributed by atoms with Gasteiger partial charge in [0.05, 0.1) is 97.5 Å². The Morgan fingerprint density at radius 1 is 0.325 bits per heavy atom. The minimum absolute atomic E-state index is 0.0119. The summed E-state index contributed by atoms with van der Waals surface area (Å²) in [7, 11) is 7.99. The van der Waals surface area contributed by atoms with E-state index in [9.17, 15) is 142 Å². The molecule has 8 saturated heterocycles. The normalized spacial score (nSPS) is 39.1. The second-order valence-corrected chi connectivity index (χ2v) is 31.3. The summed E-state index contributed by atoms with van der Waals surface area (Å²) in [5, 5.41) is 259. The Hall–Kier alpha value is -4.10. The lowest BCUT2D eigenvalue weighted by Gasteiger charge is -2.26. The number of carbonyl (C=O) groups is 2. The maximum atomic E-state index is 11.0. The molecule has 0 radical (unpaired) electrons. The van der Waals surface area contributed by atoms with Crippen molar-refractivity contribution in [3.05, 3.63) is 71.8 Å². The average molecular weight is 1690 g/mol. The van der Waals surface area contributed by atoms with Crippen molar-refractivity contribution in [2.45, 2.75) is 237 Å². The third kappa shape index (κ3) is 35.9. The highest BCUT2D eigenvalue weighted by Crippen LogP contribution is 2.22. The summed E-state index contributed by atoms with van der Waals surface area (Å²) in [6.07, 6.45) is -29.4. The maximum Gasteiger partial charge on any atom is 0.217 e. The molecule has 0 aromatic heterocycles. The number of nitrogens with zero attached hydrogens (tertiary/aromatic N) is 6. The maximum absolute atomic E-state index is 11.0. The van der Waals surface area contributed by atoms with Gasteiger partial charge in [-0.1, -0.05) is 81.4 Å². The molecule has 30 N–H and O–H groups in total. The van der Waals surface area contributed by atoms with Crippen LogP contribution in [0.2, 0.25) is 0 Å². The van der Waals surface area contributed by atoms with Gasteiger partial charge in [-0.25, -0.2) is 0 Å². The molecule has 2 aromatic rings. The quantitative estimate of drug-likeness (QED) is 0.0993. The van der Waals surface area contributed by atoms with Crippen LogP contribution in [0.3, 0.4) is 0 Å². The zero-order valence-electron chi connectivity index (χ0n) is 68.7. The highest BCUT2D eigenvalue weighted by molar-refractivity contribution is 5.73. The largest absolute Gasteiger partial charge is 0.390 e. The van der Waals surface area contributed by atoms with Gasteiger partial charge in [-0.05, 0) is 44.2 Å². The van der Waals surface area contributed by atoms with Crippen molar-refractivity contribution in [2.75, 3.05) is 153 Å². The third-order valence-electron chi connectivity index (χ3n) is 21.5. The van der Waals surface area contributed by atoms with Crippen molar-refractivity contribution in [3.8, 4) is 0 Å². The van der Waals surface area contributed by atoms with E-state index in [1.807, 2.05) is 106 Å². The van der Waals surface area contributed by atoms with Gasteiger partial charge in [0.1, 0.15) is 91.6 Å². The van der Waals surface area contributed by atoms with E-state index in [4.69, 9.17) is 14.2 Å². The van der Waals surface area contributed by atoms with E-state index >= 15 is 0 Å². The number of nitrogens with one attached hydrogen (secondary N) is 4. The lowest BCUT2D eigenvalue weighted by atomic mass is 9.99. The van der Waals surface area contributed by atoms with Gasteiger partial charge in [-0.2, -0.15) is 0 Å². The van der Waals surface area contributed by atoms with Gasteiger partial charge < -0.3 is 178 Å². The van der Waals surface area contributed by atoms with Crippen LogP contribution in [-0.4, -0.2) is 516 Å². The molecule has 0 bridgehead atoms. The molecule has 682 valence electrons. The lowest BCUT2D eigenvalue weighted by molar-refractivity contribution is -0.122. The van der Waals surface area contributed by atoms with Crippen LogP contribution in [0.5, 0.6) is 0 Å². The fourth-order valence-corrected chi connectivity index (χ4v) is 14.1. The predicted molar refractivity (Wildman–Crippen MR) is 421 cm³/mol. The molecule has 8 fully saturated rings. The Morgan fingerprint density at radius 2 is 0.598 bits per heavy atom. The number of hydrogen-bond donors (Lipinski definition) is 30. The zero-order chi connectivity index (χ0) is 88.4. The molecule has 0 spiro atoms. The number of likely N-dealkylation sites (tertiary alicyclic amines) is 6. The molecule has 41 nitrogen and oxygen atoms in total. The van der Waals surface area contributed by atoms with Gasteiger partial charge in [0.25, 0.3) is 0 Å². The van der Waals surface area contributed by atoms with E-state index in [1.54, 1.807) is 19.0 Å². The second-order valence-electron chi connectivity index (χ2n) is 31.3. The Kier molecular flexibility index (Phi) is 49.9. The number of ether oxygens (including phenoxy) is 3. The monoisotopic (exact) mass is 1690 g/mol. The number of hydrogen-bond acceptors (Lipinski definition) is 39. The topological polar surface area (TPSA) is 655 Å². The van der Waals surface area contributed by atoms with E-state index in [0.29, 0.717) is 85.1 Å². The van der Waals surface area contributed by atoms with Crippen molar-refractivity contribution in [3.63, 3.8) is 0 Å². The standard InChI is InChI=1S/2C13H19NO4.C10H20N2O4.C9H18N2O4.C9H19NO4.C8H17NO4.C7H15NO4.C7H15NO3/c2*15-10-7-14(6-9-4-2-1-3-5-9)8-11(16)13(18)12(10)17;1-3-12-4-7(11-6(2)13)9(15)10(16)8(14)5-12;1-5(12)10-6-3-11(2)4-7(13)9(15)8(6)14;1-3-10-4-6(11)8(12)9(13)7(5-10)14-2;1-9-3-5(10)7(11)8(12)6(4-9)13-2;1-12-5-3-8-2-4(9)6(10)7(5)11;1-4-2-8-3-5(9)7(11)6(4)10/h2*1-5,10-13,15-18H,6-8H2;7-10,14-16H,3-5H2,1-2H3,(H,11,13);6-9,13-15H,3-4H2,1-2H3,(H,10,12);6-9,11-13H,3-5H2,1-2H3;5-8,10-12H,3-4H2,1-2H3;4-11H,2-3H2,1H3;4-11H,2-3H2,1H3/t10-,11-,12+,13+;10-,11-,12-,13-;7-,8+,9+,10+;6-,7+,8+,9+;6-,7+,8+,9-;5-,6+,7+,8-;4-,5+,6+,7-;4-,5+,6+,7+/m01001110/s1. The molecular formula is C76H142N10O31. The summed E-state index contributed by atoms with van der Waals surface area (Å²) in [6, 6.07) is 18.2. The van der Waals surface area contributed by atoms with E-state index in [1.165, 1.54) is 35.2 Å². The van der Waals surface area contributed by atoms with E-state index < -0.39 is 189 Å². The molecule has 10 rings (SSSR count). The number of amides is 2. The van der Waals surface area contributed by atoms with Gasteiger partial charge >= 0.3 is 0 Å². The molecule has 0 aliphatic carbocycles. The fourth-order valence-electron chi connectivity index (χ4n) is 14.1. The van der Waals surface area contributed by atoms with Crippen molar-refractivity contribution < 1.29 is 157 Å². The van der Waals surface area contributed by atoms with Crippen LogP contribution >= 0.6 is 0 Å². The van der Waals surface area contributed by atoms with E-state index in [-0.39, 0.29) is 57.0 Å². The molecule has 8 aliphatic rings. The van der Waals surface area contributed by atoms with Gasteiger partial charge in [0.15, 0.2) is 0 Å². The Morgan fingerprint density at radius 3 is 0.949 bits per heavy atom. The number of benzene rings is 2. The number of aliphatic hydroxyl groups excluding tert-OH is 26. The van der Waals surface area contributed by atoms with E-state index in [2.05, 4.69) is 21.3 Å². The third-order valence-corrected chi connectivity index (χ3v) is 21.5. The van der Waals surface area contributed by atoms with Gasteiger partial charge in [-0.15, -0.1) is 0 Å². The van der Waals surface area contributed by atoms with Crippen molar-refractivity contribution in [1.29, 1.82) is 0 Å². The molecular weight excluding hydrogens is 1550 g/mol. The minimum atomic E-state index is -1.30. The summed E-state index contributed by atoms with van der Waals surface area (Å²) in [6.45, 7) is 16.7. The minimum Gasteiger partial charge on any atom is -0.390 e. The fraction of sp³-hybridized carbons (Fsp3) is 0.816. The first-order chi connectivity index (χ1) is 55.0. The SMILES string of the molecule is CC(=O)N[C@H]1CN(C)C[C@@H](O)[C@@H](O)[C@@H]1O.CCN1C[C@@H](O)[C@@H](O)[C@H](O)[C@@H](NC(C)=O)C1.CCN1C[C@@H](O)[C@H](O)[C@H](O)[C@@H](OC)C1.CO[C@H]1CN(C)C[C@@H](O)[C@H](O)[C@@H]1O.CO[C@H]1CNC[C@@H](O)[C@H](O)[C@@H]1O.C[C@H]1CNC[C@@H](O)[C@@H](O)[C@@H]1O.O[C@H]1[C@H](O)[C@@H](O)CN(Cc2ccccc2)C[C@@H]1O.O[C@H]1[C@H](O)[C@H](O)CN(Cc2ccccc2)C[C@H]1O. The number of methoxy groups -OCH3 is 3. The van der Waals surface area contributed by atoms with Crippen molar-refractivity contribution in [2.24, 2.45) is 5.92 Å². The van der Waals surface area contributed by atoms with Crippen LogP contribution in [0, 0.1) is 5.92 Å². The number of β-amino-alcohol motifs (C(OH)–C–C–N with tert-alkyl or cyclic N) is 10. The molecule has 8 heterocycles. The Labute approximate surface area is 684 Å². The predicted octanol–water partition coefficient (Wildman–Crippen LogP) is -14.2. The van der Waals surface area contributed by atoms with Crippen LogP contribution in [0.4, 0.5) is 0 Å². The van der Waals surface area contributed by atoms with Gasteiger partial charge in [0, 0.05) is 153 Å². The summed E-state index contributed by atoms with van der Waals surface area (Å²) in [4.78, 5) is 32.9. The smallest absolute Gasteiger partial charge is 0.217 e. The van der Waals surface area contributed by atoms with Crippen LogP contribution in [-0.2, 0) is 36.9 Å². The first kappa shape index (κ1) is 107. The molecule has 32 atom stereocenters. The first-order valence-corrected chi connectivity index (χ1v) is 39.6. The van der Waals surface area contributed by atoms with Crippen LogP contribution in [0.15, 0.2) is 60.7 Å². The highest BCUT2D eigenvalue weighted by Gasteiger charge is 2.43. The van der Waals surface area contributed by atoms with Crippen molar-refractivity contribution >= 4 is 11.8 Å². The Bertz CT molecular complexity index is 2840. The zero-order valence-corrected chi connectivity index (χ0v) is 68.7. The summed E-state index contributed by atoms with van der Waals surface area (Å²) in [5.41, 5.74) is 2.12. The van der Waals surface area contributed by atoms with Crippen LogP contribution in [0.25, 0.3) is 0 Å². The molecule has 117 heavy (non-hydrogen) atoms. The molecule has 41 heteroatoms. The first-order valence-electron chi connectivity index (χ1n) is 39.6. The molecule has 2 aromatic carbocycles. The summed E-state index contributed by atoms with van der Waals surface area (Å²) >= 11 is 0. The van der Waals surface area contributed by atoms with E-state index in [0.717, 1.165) is 17.7 Å². The highest BCUT2D eigenvalue weighted by atomic mass is 16.5. The number of aliphatic hydroxyl groups is 26. The summed E-state index contributed by atoms with van der Waals surface area (Å²) < 4.78 is 15.0. The van der Waals surface area contributed by atoms with Crippen molar-refractivity contribution in [1.82, 2.24) is 50.7 Å². The number of likely N-dealkylation sites (N-methyl/N-ethyl adjacent to an activating group) is 4. The lowest BCUT2D eigenvalue weighted by Crippen LogP contribution is -2.52.